The minimum atomic E-state index is -0.0120. The van der Waals surface area contributed by atoms with Gasteiger partial charge in [0.25, 0.3) is 0 Å². The lowest BCUT2D eigenvalue weighted by atomic mass is 10.1. The Balaban J connectivity index is 2.53. The van der Waals surface area contributed by atoms with Gasteiger partial charge < -0.3 is 4.74 Å². The summed E-state index contributed by atoms with van der Waals surface area (Å²) in [5.41, 5.74) is -0.0120. The molecule has 1 atom stereocenters. The van der Waals surface area contributed by atoms with Crippen molar-refractivity contribution in [1.29, 1.82) is 0 Å². The third-order valence-electron chi connectivity index (χ3n) is 2.38. The van der Waals surface area contributed by atoms with Gasteiger partial charge in [-0.05, 0) is 27.7 Å². The summed E-state index contributed by atoms with van der Waals surface area (Å²) in [6.07, 6.45) is 0. The van der Waals surface area contributed by atoms with Gasteiger partial charge in [0, 0.05) is 12.6 Å². The Hall–Kier alpha value is -0.520. The van der Waals surface area contributed by atoms with Crippen LogP contribution in [0.25, 0.3) is 0 Å². The molecule has 13 heavy (non-hydrogen) atoms. The molecule has 74 valence electrons. The predicted octanol–water partition coefficient (Wildman–Crippen LogP) is 1.51. The first-order valence-corrected chi connectivity index (χ1v) is 4.83. The van der Waals surface area contributed by atoms with E-state index < -0.39 is 0 Å². The topological polar surface area (TPSA) is 12.5 Å². The summed E-state index contributed by atoms with van der Waals surface area (Å²) in [6, 6.07) is 0.494. The summed E-state index contributed by atoms with van der Waals surface area (Å²) in [4.78, 5) is 2.38. The van der Waals surface area contributed by atoms with E-state index in [0.717, 1.165) is 19.7 Å². The first kappa shape index (κ1) is 10.6. The predicted molar refractivity (Wildman–Crippen MR) is 54.5 cm³/mol. The van der Waals surface area contributed by atoms with Crippen LogP contribution in [0.4, 0.5) is 0 Å². The standard InChI is InChI=1S/C11H19NO/c1-5-6-7-12-9-11(3,4)13-8-10(12)2/h10H,7-9H2,1-4H3/t10-/m0/s1. The van der Waals surface area contributed by atoms with Gasteiger partial charge >= 0.3 is 0 Å². The molecule has 0 bridgehead atoms. The van der Waals surface area contributed by atoms with Gasteiger partial charge in [-0.1, -0.05) is 5.92 Å². The summed E-state index contributed by atoms with van der Waals surface area (Å²) < 4.78 is 5.70. The molecule has 0 saturated carbocycles. The van der Waals surface area contributed by atoms with Crippen LogP contribution in [0.2, 0.25) is 0 Å². The van der Waals surface area contributed by atoms with Gasteiger partial charge in [-0.2, -0.15) is 0 Å². The van der Waals surface area contributed by atoms with Crippen molar-refractivity contribution in [3.8, 4) is 11.8 Å². The molecule has 0 aromatic carbocycles. The monoisotopic (exact) mass is 181 g/mol. The van der Waals surface area contributed by atoms with E-state index in [1.165, 1.54) is 0 Å². The van der Waals surface area contributed by atoms with Gasteiger partial charge in [0.2, 0.25) is 0 Å². The number of rotatable bonds is 1. The number of hydrogen-bond donors (Lipinski definition) is 0. The largest absolute Gasteiger partial charge is 0.373 e. The third-order valence-corrected chi connectivity index (χ3v) is 2.38. The van der Waals surface area contributed by atoms with Crippen LogP contribution in [-0.2, 0) is 4.74 Å². The van der Waals surface area contributed by atoms with E-state index in [1.807, 2.05) is 6.92 Å². The quantitative estimate of drug-likeness (QED) is 0.569. The fraction of sp³-hybridized carbons (Fsp3) is 0.818. The van der Waals surface area contributed by atoms with E-state index in [0.29, 0.717) is 6.04 Å². The fourth-order valence-corrected chi connectivity index (χ4v) is 1.53. The molecule has 2 nitrogen and oxygen atoms in total. The van der Waals surface area contributed by atoms with E-state index in [2.05, 4.69) is 37.5 Å². The van der Waals surface area contributed by atoms with Crippen LogP contribution < -0.4 is 0 Å². The van der Waals surface area contributed by atoms with Crippen molar-refractivity contribution in [3.63, 3.8) is 0 Å². The highest BCUT2D eigenvalue weighted by molar-refractivity contribution is 5.00. The van der Waals surface area contributed by atoms with Crippen molar-refractivity contribution in [2.75, 3.05) is 19.7 Å². The van der Waals surface area contributed by atoms with Crippen LogP contribution in [0.3, 0.4) is 0 Å². The highest BCUT2D eigenvalue weighted by Gasteiger charge is 2.30. The lowest BCUT2D eigenvalue weighted by Crippen LogP contribution is -2.52. The lowest BCUT2D eigenvalue weighted by molar-refractivity contribution is -0.106. The minimum Gasteiger partial charge on any atom is -0.373 e. The number of hydrogen-bond acceptors (Lipinski definition) is 2. The lowest BCUT2D eigenvalue weighted by Gasteiger charge is -2.41. The Bertz CT molecular complexity index is 224. The number of ether oxygens (including phenoxy) is 1. The zero-order valence-corrected chi connectivity index (χ0v) is 9.05. The summed E-state index contributed by atoms with van der Waals surface area (Å²) in [5, 5.41) is 0. The van der Waals surface area contributed by atoms with Gasteiger partial charge in [-0.3, -0.25) is 4.90 Å². The highest BCUT2D eigenvalue weighted by Crippen LogP contribution is 2.19. The van der Waals surface area contributed by atoms with Crippen LogP contribution >= 0.6 is 0 Å². The van der Waals surface area contributed by atoms with E-state index in [1.54, 1.807) is 0 Å². The average Bonchev–Trinajstić information content (AvgIpc) is 2.07. The molecule has 0 aromatic heterocycles. The summed E-state index contributed by atoms with van der Waals surface area (Å²) in [6.45, 7) is 11.0. The van der Waals surface area contributed by atoms with Gasteiger partial charge in [-0.25, -0.2) is 0 Å². The second kappa shape index (κ2) is 4.13. The SMILES string of the molecule is CC#CCN1CC(C)(C)OC[C@@H]1C. The van der Waals surface area contributed by atoms with Crippen molar-refractivity contribution in [3.05, 3.63) is 0 Å². The summed E-state index contributed by atoms with van der Waals surface area (Å²) >= 11 is 0. The zero-order chi connectivity index (χ0) is 9.90. The van der Waals surface area contributed by atoms with E-state index in [-0.39, 0.29) is 5.60 Å². The van der Waals surface area contributed by atoms with Crippen LogP contribution in [0.1, 0.15) is 27.7 Å². The third kappa shape index (κ3) is 3.02. The first-order valence-electron chi connectivity index (χ1n) is 4.83. The first-order chi connectivity index (χ1) is 6.05. The second-order valence-corrected chi connectivity index (χ2v) is 4.25. The van der Waals surface area contributed by atoms with Gasteiger partial charge in [-0.15, -0.1) is 5.92 Å². The number of morpholine rings is 1. The maximum atomic E-state index is 5.70. The van der Waals surface area contributed by atoms with Gasteiger partial charge in [0.1, 0.15) is 0 Å². The van der Waals surface area contributed by atoms with Crippen LogP contribution in [0.15, 0.2) is 0 Å². The molecule has 1 saturated heterocycles. The molecular weight excluding hydrogens is 162 g/mol. The molecule has 1 heterocycles. The van der Waals surface area contributed by atoms with Crippen LogP contribution in [-0.4, -0.2) is 36.2 Å². The van der Waals surface area contributed by atoms with Gasteiger partial charge in [0.15, 0.2) is 0 Å². The zero-order valence-electron chi connectivity index (χ0n) is 9.05. The molecule has 1 rings (SSSR count). The van der Waals surface area contributed by atoms with Crippen molar-refractivity contribution in [1.82, 2.24) is 4.90 Å². The minimum absolute atomic E-state index is 0.0120. The molecule has 0 radical (unpaired) electrons. The Kier molecular flexibility index (Phi) is 3.35. The Morgan fingerprint density at radius 3 is 2.85 bits per heavy atom. The summed E-state index contributed by atoms with van der Waals surface area (Å²) in [5.74, 6) is 6.04. The summed E-state index contributed by atoms with van der Waals surface area (Å²) in [7, 11) is 0. The average molecular weight is 181 g/mol. The molecule has 1 aliphatic heterocycles. The molecule has 0 unspecified atom stereocenters. The Labute approximate surface area is 81.3 Å². The smallest absolute Gasteiger partial charge is 0.0754 e. The molecule has 1 fully saturated rings. The van der Waals surface area contributed by atoms with Crippen LogP contribution in [0, 0.1) is 11.8 Å². The molecule has 0 aliphatic carbocycles. The van der Waals surface area contributed by atoms with E-state index >= 15 is 0 Å². The molecule has 0 N–H and O–H groups in total. The molecule has 2 heteroatoms. The second-order valence-electron chi connectivity index (χ2n) is 4.25. The Morgan fingerprint density at radius 2 is 2.23 bits per heavy atom. The molecule has 1 aliphatic rings. The van der Waals surface area contributed by atoms with Crippen LogP contribution in [0.5, 0.6) is 0 Å². The number of nitrogens with zero attached hydrogens (tertiary/aromatic N) is 1. The maximum Gasteiger partial charge on any atom is 0.0754 e. The molecule has 0 spiro atoms. The van der Waals surface area contributed by atoms with Crippen molar-refractivity contribution in [2.24, 2.45) is 0 Å². The van der Waals surface area contributed by atoms with E-state index in [4.69, 9.17) is 4.74 Å². The Morgan fingerprint density at radius 1 is 1.54 bits per heavy atom. The molecule has 0 amide bonds. The highest BCUT2D eigenvalue weighted by atomic mass is 16.5. The maximum absolute atomic E-state index is 5.70. The fourth-order valence-electron chi connectivity index (χ4n) is 1.53. The van der Waals surface area contributed by atoms with E-state index in [9.17, 15) is 0 Å². The normalized spacial score (nSPS) is 27.8. The van der Waals surface area contributed by atoms with Crippen molar-refractivity contribution >= 4 is 0 Å². The van der Waals surface area contributed by atoms with Crippen molar-refractivity contribution in [2.45, 2.75) is 39.3 Å². The van der Waals surface area contributed by atoms with Gasteiger partial charge in [0.05, 0.1) is 18.8 Å². The molecular formula is C11H19NO. The van der Waals surface area contributed by atoms with Crippen molar-refractivity contribution < 1.29 is 4.74 Å². The molecule has 0 aromatic rings.